The molecular weight excluding hydrogens is 271 g/mol. The Balaban J connectivity index is 2.10. The first-order valence-electron chi connectivity index (χ1n) is 9.33. The third kappa shape index (κ3) is 3.90. The van der Waals surface area contributed by atoms with Crippen LogP contribution in [-0.4, -0.2) is 18.3 Å². The lowest BCUT2D eigenvalue weighted by atomic mass is 9.53. The molecule has 1 atom stereocenters. The summed E-state index contributed by atoms with van der Waals surface area (Å²) < 4.78 is 12.8. The zero-order valence-electron chi connectivity index (χ0n) is 16.1. The van der Waals surface area contributed by atoms with Crippen molar-refractivity contribution in [1.82, 2.24) is 0 Å². The summed E-state index contributed by atoms with van der Waals surface area (Å²) in [7, 11) is -0.0555. The van der Waals surface area contributed by atoms with Gasteiger partial charge in [0.1, 0.15) is 0 Å². The number of hydrogen-bond donors (Lipinski definition) is 0. The predicted octanol–water partition coefficient (Wildman–Crippen LogP) is 6.00. The van der Waals surface area contributed by atoms with Crippen LogP contribution >= 0.6 is 0 Å². The summed E-state index contributed by atoms with van der Waals surface area (Å²) in [6.07, 6.45) is 10.4. The fraction of sp³-hybridized carbons (Fsp3) is 1.00. The van der Waals surface area contributed by atoms with E-state index in [4.69, 9.17) is 9.31 Å². The zero-order valence-corrected chi connectivity index (χ0v) is 16.1. The molecular formula is C19H37BO2. The van der Waals surface area contributed by atoms with Crippen molar-refractivity contribution >= 4 is 7.12 Å². The fourth-order valence-corrected chi connectivity index (χ4v) is 3.89. The second-order valence-corrected chi connectivity index (χ2v) is 9.82. The van der Waals surface area contributed by atoms with E-state index in [1.54, 1.807) is 0 Å². The minimum Gasteiger partial charge on any atom is -0.403 e. The van der Waals surface area contributed by atoms with Gasteiger partial charge in [0.2, 0.25) is 0 Å². The van der Waals surface area contributed by atoms with Gasteiger partial charge in [-0.3, -0.25) is 0 Å². The summed E-state index contributed by atoms with van der Waals surface area (Å²) in [5, 5.41) is 0.151. The Morgan fingerprint density at radius 3 is 1.64 bits per heavy atom. The summed E-state index contributed by atoms with van der Waals surface area (Å²) >= 11 is 0. The summed E-state index contributed by atoms with van der Waals surface area (Å²) in [5.74, 6) is 0. The third-order valence-corrected chi connectivity index (χ3v) is 6.53. The van der Waals surface area contributed by atoms with E-state index in [2.05, 4.69) is 48.5 Å². The second-order valence-electron chi connectivity index (χ2n) is 9.82. The van der Waals surface area contributed by atoms with Crippen LogP contribution in [0, 0.1) is 5.41 Å². The van der Waals surface area contributed by atoms with Gasteiger partial charge in [0, 0.05) is 5.31 Å². The van der Waals surface area contributed by atoms with Crippen molar-refractivity contribution in [2.75, 3.05) is 0 Å². The summed E-state index contributed by atoms with van der Waals surface area (Å²) in [6, 6.07) is 0. The van der Waals surface area contributed by atoms with E-state index < -0.39 is 0 Å². The number of rotatable bonds is 1. The summed E-state index contributed by atoms with van der Waals surface area (Å²) in [6.45, 7) is 15.9. The molecule has 1 heterocycles. The maximum atomic E-state index is 6.40. The molecule has 1 unspecified atom stereocenters. The van der Waals surface area contributed by atoms with Gasteiger partial charge in [-0.1, -0.05) is 46.5 Å². The van der Waals surface area contributed by atoms with Gasteiger partial charge in [-0.05, 0) is 58.8 Å². The molecule has 0 spiro atoms. The lowest BCUT2D eigenvalue weighted by molar-refractivity contribution is 0.00578. The largest absolute Gasteiger partial charge is 0.464 e. The van der Waals surface area contributed by atoms with E-state index in [1.165, 1.54) is 51.4 Å². The highest BCUT2D eigenvalue weighted by Gasteiger charge is 2.57. The minimum absolute atomic E-state index is 0.0555. The van der Waals surface area contributed by atoms with Crippen molar-refractivity contribution < 1.29 is 9.31 Å². The Morgan fingerprint density at radius 1 is 0.591 bits per heavy atom. The standard InChI is InChI=1S/C19H37BO2/c1-16(2)12-9-8-10-14-19(7,15-11-13-16)20-21-17(3,4)18(5,6)22-20/h8-15H2,1-7H3. The lowest BCUT2D eigenvalue weighted by Gasteiger charge is -2.35. The molecule has 1 saturated carbocycles. The third-order valence-electron chi connectivity index (χ3n) is 6.53. The van der Waals surface area contributed by atoms with Gasteiger partial charge < -0.3 is 9.31 Å². The van der Waals surface area contributed by atoms with E-state index in [1.807, 2.05) is 0 Å². The number of hydrogen-bond acceptors (Lipinski definition) is 2. The second kappa shape index (κ2) is 6.13. The van der Waals surface area contributed by atoms with E-state index in [0.717, 1.165) is 0 Å². The highest BCUT2D eigenvalue weighted by molar-refractivity contribution is 6.49. The molecule has 0 radical (unpaired) electrons. The molecule has 1 saturated heterocycles. The maximum Gasteiger partial charge on any atom is 0.464 e. The molecule has 2 rings (SSSR count). The molecule has 0 aromatic carbocycles. The van der Waals surface area contributed by atoms with Crippen molar-refractivity contribution in [3.63, 3.8) is 0 Å². The van der Waals surface area contributed by atoms with Crippen molar-refractivity contribution in [2.24, 2.45) is 5.41 Å². The Labute approximate surface area is 138 Å². The van der Waals surface area contributed by atoms with Crippen LogP contribution in [0.1, 0.15) is 99.8 Å². The van der Waals surface area contributed by atoms with Crippen LogP contribution in [0.3, 0.4) is 0 Å². The first-order chi connectivity index (χ1) is 9.98. The lowest BCUT2D eigenvalue weighted by Crippen LogP contribution is -2.41. The molecule has 1 aliphatic heterocycles. The van der Waals surface area contributed by atoms with Gasteiger partial charge in [0.15, 0.2) is 0 Å². The van der Waals surface area contributed by atoms with E-state index in [-0.39, 0.29) is 23.6 Å². The molecule has 2 nitrogen and oxygen atoms in total. The van der Waals surface area contributed by atoms with Crippen molar-refractivity contribution in [2.45, 2.75) is 116 Å². The Kier molecular flexibility index (Phi) is 5.10. The normalized spacial score (nSPS) is 35.3. The van der Waals surface area contributed by atoms with Crippen LogP contribution < -0.4 is 0 Å². The molecule has 0 aromatic heterocycles. The maximum absolute atomic E-state index is 6.40. The van der Waals surface area contributed by atoms with Crippen molar-refractivity contribution in [1.29, 1.82) is 0 Å². The first-order valence-corrected chi connectivity index (χ1v) is 9.33. The SMILES string of the molecule is CC1(C)CCCCCC(C)(B2OC(C)(C)C(C)(C)O2)CCC1. The smallest absolute Gasteiger partial charge is 0.403 e. The van der Waals surface area contributed by atoms with Crippen LogP contribution in [0.5, 0.6) is 0 Å². The van der Waals surface area contributed by atoms with Crippen molar-refractivity contribution in [3.05, 3.63) is 0 Å². The quantitative estimate of drug-likeness (QED) is 0.553. The highest BCUT2D eigenvalue weighted by atomic mass is 16.7. The molecule has 0 N–H and O–H groups in total. The topological polar surface area (TPSA) is 18.5 Å². The van der Waals surface area contributed by atoms with Gasteiger partial charge >= 0.3 is 7.12 Å². The van der Waals surface area contributed by atoms with Crippen LogP contribution in [-0.2, 0) is 9.31 Å². The zero-order chi connectivity index (χ0) is 16.6. The molecule has 3 heteroatoms. The molecule has 128 valence electrons. The molecule has 2 aliphatic rings. The minimum atomic E-state index is -0.213. The Hall–Kier alpha value is -0.0151. The van der Waals surface area contributed by atoms with Crippen LogP contribution in [0.4, 0.5) is 0 Å². The predicted molar refractivity (Wildman–Crippen MR) is 95.2 cm³/mol. The molecule has 0 aromatic rings. The molecule has 2 fully saturated rings. The van der Waals surface area contributed by atoms with Gasteiger partial charge in [0.05, 0.1) is 11.2 Å². The molecule has 0 bridgehead atoms. The monoisotopic (exact) mass is 308 g/mol. The molecule has 0 amide bonds. The van der Waals surface area contributed by atoms with Gasteiger partial charge in [-0.15, -0.1) is 0 Å². The fourth-order valence-electron chi connectivity index (χ4n) is 3.89. The van der Waals surface area contributed by atoms with Crippen molar-refractivity contribution in [3.8, 4) is 0 Å². The summed E-state index contributed by atoms with van der Waals surface area (Å²) in [5.41, 5.74) is 0.0682. The average molecular weight is 308 g/mol. The highest BCUT2D eigenvalue weighted by Crippen LogP contribution is 2.51. The van der Waals surface area contributed by atoms with Gasteiger partial charge in [-0.25, -0.2) is 0 Å². The van der Waals surface area contributed by atoms with E-state index in [0.29, 0.717) is 5.41 Å². The van der Waals surface area contributed by atoms with Gasteiger partial charge in [-0.2, -0.15) is 0 Å². The first kappa shape index (κ1) is 18.3. The van der Waals surface area contributed by atoms with E-state index in [9.17, 15) is 0 Å². The summed E-state index contributed by atoms with van der Waals surface area (Å²) in [4.78, 5) is 0. The Morgan fingerprint density at radius 2 is 1.05 bits per heavy atom. The average Bonchev–Trinajstić information content (AvgIpc) is 2.58. The van der Waals surface area contributed by atoms with Crippen LogP contribution in [0.25, 0.3) is 0 Å². The molecule has 22 heavy (non-hydrogen) atoms. The Bertz CT molecular complexity index is 373. The van der Waals surface area contributed by atoms with Crippen LogP contribution in [0.2, 0.25) is 5.31 Å². The van der Waals surface area contributed by atoms with Gasteiger partial charge in [0.25, 0.3) is 0 Å². The van der Waals surface area contributed by atoms with E-state index >= 15 is 0 Å². The molecule has 1 aliphatic carbocycles. The van der Waals surface area contributed by atoms with Crippen LogP contribution in [0.15, 0.2) is 0 Å².